The van der Waals surface area contributed by atoms with E-state index in [1.54, 1.807) is 48.5 Å². The van der Waals surface area contributed by atoms with Gasteiger partial charge >= 0.3 is 12.1 Å². The van der Waals surface area contributed by atoms with Crippen LogP contribution in [0.3, 0.4) is 0 Å². The number of urea groups is 2. The summed E-state index contributed by atoms with van der Waals surface area (Å²) in [5.74, 6) is -0.722. The average molecular weight is 507 g/mol. The Labute approximate surface area is 208 Å². The lowest BCUT2D eigenvalue weighted by Gasteiger charge is -2.22. The van der Waals surface area contributed by atoms with E-state index in [1.807, 2.05) is 0 Å². The molecular weight excluding hydrogens is 479 g/mol. The first kappa shape index (κ1) is 26.7. The molecule has 4 amide bonds. The van der Waals surface area contributed by atoms with E-state index in [9.17, 15) is 9.59 Å². The van der Waals surface area contributed by atoms with E-state index in [4.69, 9.17) is 45.5 Å². The highest BCUT2D eigenvalue weighted by Gasteiger charge is 2.18. The molecule has 2 aromatic rings. The lowest BCUT2D eigenvalue weighted by molar-refractivity contribution is 0.230. The number of rotatable bonds is 9. The number of carbonyl (C=O) groups excluding carboxylic acids is 2. The quantitative estimate of drug-likeness (QED) is 0.165. The molecule has 0 bridgehead atoms. The van der Waals surface area contributed by atoms with E-state index < -0.39 is 12.1 Å². The second-order valence-corrected chi connectivity index (χ2v) is 8.24. The first-order valence-electron chi connectivity index (χ1n) is 10.5. The van der Waals surface area contributed by atoms with E-state index in [1.165, 1.54) is 0 Å². The number of carbonyl (C=O) groups is 2. The highest BCUT2D eigenvalue weighted by Crippen LogP contribution is 2.17. The number of guanidine groups is 2. The SMILES string of the molecule is N=C(N)N(CCCCCCN(C(=N)N)C(=O)Nc1cccc(Cl)c1)C(=O)Nc1cccc(Cl)c1. The summed E-state index contributed by atoms with van der Waals surface area (Å²) in [6, 6.07) is 12.3. The molecule has 34 heavy (non-hydrogen) atoms. The molecule has 12 heteroatoms. The highest BCUT2D eigenvalue weighted by molar-refractivity contribution is 6.31. The number of nitrogens with two attached hydrogens (primary N) is 2. The zero-order valence-corrected chi connectivity index (χ0v) is 20.0. The van der Waals surface area contributed by atoms with Crippen LogP contribution in [0.1, 0.15) is 25.7 Å². The number of hydrogen-bond acceptors (Lipinski definition) is 4. The Morgan fingerprint density at radius 3 is 1.44 bits per heavy atom. The molecule has 0 aromatic heterocycles. The minimum Gasteiger partial charge on any atom is -0.370 e. The number of halogens is 2. The van der Waals surface area contributed by atoms with Gasteiger partial charge in [-0.3, -0.25) is 20.6 Å². The monoisotopic (exact) mass is 506 g/mol. The molecule has 0 atom stereocenters. The van der Waals surface area contributed by atoms with Crippen LogP contribution in [0, 0.1) is 10.8 Å². The van der Waals surface area contributed by atoms with Crippen LogP contribution in [-0.2, 0) is 0 Å². The third-order valence-corrected chi connectivity index (χ3v) is 5.21. The smallest absolute Gasteiger partial charge is 0.328 e. The fourth-order valence-corrected chi connectivity index (χ4v) is 3.45. The van der Waals surface area contributed by atoms with Crippen molar-refractivity contribution in [1.29, 1.82) is 10.8 Å². The molecule has 0 radical (unpaired) electrons. The van der Waals surface area contributed by atoms with Crippen LogP contribution >= 0.6 is 23.2 Å². The van der Waals surface area contributed by atoms with Gasteiger partial charge in [-0.25, -0.2) is 9.59 Å². The predicted octanol–water partition coefficient (Wildman–Crippen LogP) is 4.71. The minimum absolute atomic E-state index is 0.257. The molecule has 182 valence electrons. The van der Waals surface area contributed by atoms with Gasteiger partial charge in [0.05, 0.1) is 0 Å². The first-order valence-corrected chi connectivity index (χ1v) is 11.3. The normalized spacial score (nSPS) is 10.3. The van der Waals surface area contributed by atoms with Crippen LogP contribution in [0.5, 0.6) is 0 Å². The van der Waals surface area contributed by atoms with E-state index in [0.29, 0.717) is 34.3 Å². The minimum atomic E-state index is -0.518. The maximum atomic E-state index is 12.4. The molecule has 0 aliphatic rings. The zero-order chi connectivity index (χ0) is 25.1. The van der Waals surface area contributed by atoms with Crippen molar-refractivity contribution in [2.75, 3.05) is 23.7 Å². The summed E-state index contributed by atoms with van der Waals surface area (Å²) in [4.78, 5) is 27.2. The van der Waals surface area contributed by atoms with Crippen molar-refractivity contribution < 1.29 is 9.59 Å². The standard InChI is InChI=1S/C22H28Cl2N8O2/c23-15-7-5-9-17(13-15)29-21(33)31(19(25)26)11-3-1-2-4-12-32(20(27)28)22(34)30-18-10-6-8-16(24)14-18/h5-10,13-14H,1-4,11-12H2,(H3,25,26)(H3,27,28)(H,29,33)(H,30,34). The largest absolute Gasteiger partial charge is 0.370 e. The molecular formula is C22H28Cl2N8O2. The second-order valence-electron chi connectivity index (χ2n) is 7.37. The second kappa shape index (κ2) is 13.3. The number of unbranched alkanes of at least 4 members (excludes halogenated alkanes) is 3. The third kappa shape index (κ3) is 8.80. The molecule has 2 aromatic carbocycles. The van der Waals surface area contributed by atoms with Crippen molar-refractivity contribution in [3.05, 3.63) is 58.6 Å². The van der Waals surface area contributed by atoms with Crippen molar-refractivity contribution >= 4 is 58.6 Å². The first-order chi connectivity index (χ1) is 16.2. The van der Waals surface area contributed by atoms with E-state index in [2.05, 4.69) is 10.6 Å². The molecule has 2 rings (SSSR count). The van der Waals surface area contributed by atoms with Crippen molar-refractivity contribution in [1.82, 2.24) is 9.80 Å². The number of benzene rings is 2. The van der Waals surface area contributed by atoms with Gasteiger partial charge in [0.25, 0.3) is 0 Å². The van der Waals surface area contributed by atoms with Gasteiger partial charge in [0.15, 0.2) is 11.9 Å². The number of anilines is 2. The number of amides is 4. The maximum absolute atomic E-state index is 12.4. The Kier molecular flexibility index (Phi) is 10.4. The summed E-state index contributed by atoms with van der Waals surface area (Å²) in [6.07, 6.45) is 2.63. The summed E-state index contributed by atoms with van der Waals surface area (Å²) in [6.45, 7) is 0.515. The van der Waals surface area contributed by atoms with Gasteiger partial charge in [0.2, 0.25) is 0 Å². The maximum Gasteiger partial charge on any atom is 0.328 e. The Morgan fingerprint density at radius 2 is 1.12 bits per heavy atom. The lowest BCUT2D eigenvalue weighted by atomic mass is 10.2. The summed E-state index contributed by atoms with van der Waals surface area (Å²) in [5.41, 5.74) is 12.1. The third-order valence-electron chi connectivity index (χ3n) is 4.74. The molecule has 0 fully saturated rings. The Bertz CT molecular complexity index is 952. The summed E-state index contributed by atoms with van der Waals surface area (Å²) < 4.78 is 0. The fraction of sp³-hybridized carbons (Fsp3) is 0.273. The summed E-state index contributed by atoms with van der Waals surface area (Å²) in [7, 11) is 0. The predicted molar refractivity (Wildman–Crippen MR) is 137 cm³/mol. The summed E-state index contributed by atoms with van der Waals surface area (Å²) in [5, 5.41) is 21.7. The number of nitrogens with one attached hydrogen (secondary N) is 4. The van der Waals surface area contributed by atoms with Crippen molar-refractivity contribution in [2.24, 2.45) is 11.5 Å². The van der Waals surface area contributed by atoms with E-state index in [0.717, 1.165) is 22.6 Å². The Morgan fingerprint density at radius 1 is 0.735 bits per heavy atom. The lowest BCUT2D eigenvalue weighted by Crippen LogP contribution is -2.44. The fourth-order valence-electron chi connectivity index (χ4n) is 3.07. The Hall–Kier alpha value is -3.50. The van der Waals surface area contributed by atoms with Gasteiger partial charge in [-0.15, -0.1) is 0 Å². The number of nitrogens with zero attached hydrogens (tertiary/aromatic N) is 2. The van der Waals surface area contributed by atoms with Gasteiger partial charge in [0.1, 0.15) is 0 Å². The van der Waals surface area contributed by atoms with Gasteiger partial charge in [-0.2, -0.15) is 0 Å². The average Bonchev–Trinajstić information content (AvgIpc) is 2.75. The zero-order valence-electron chi connectivity index (χ0n) is 18.5. The molecule has 8 N–H and O–H groups in total. The number of hydrogen-bond donors (Lipinski definition) is 6. The van der Waals surface area contributed by atoms with Crippen LogP contribution < -0.4 is 22.1 Å². The molecule has 0 unspecified atom stereocenters. The molecule has 0 spiro atoms. The van der Waals surface area contributed by atoms with Crippen LogP contribution in [-0.4, -0.2) is 46.9 Å². The van der Waals surface area contributed by atoms with Crippen LogP contribution in [0.15, 0.2) is 48.5 Å². The Balaban J connectivity index is 1.76. The highest BCUT2D eigenvalue weighted by atomic mass is 35.5. The van der Waals surface area contributed by atoms with Crippen molar-refractivity contribution in [3.8, 4) is 0 Å². The van der Waals surface area contributed by atoms with Crippen molar-refractivity contribution in [2.45, 2.75) is 25.7 Å². The van der Waals surface area contributed by atoms with Crippen LogP contribution in [0.25, 0.3) is 0 Å². The topological polar surface area (TPSA) is 164 Å². The van der Waals surface area contributed by atoms with Crippen LogP contribution in [0.2, 0.25) is 10.0 Å². The molecule has 10 nitrogen and oxygen atoms in total. The summed E-state index contributed by atoms with van der Waals surface area (Å²) >= 11 is 11.8. The molecule has 0 aliphatic carbocycles. The van der Waals surface area contributed by atoms with Gasteiger partial charge in [-0.1, -0.05) is 48.2 Å². The van der Waals surface area contributed by atoms with E-state index >= 15 is 0 Å². The molecule has 0 saturated carbocycles. The van der Waals surface area contributed by atoms with Gasteiger partial charge in [-0.05, 0) is 49.2 Å². The van der Waals surface area contributed by atoms with Crippen LogP contribution in [0.4, 0.5) is 21.0 Å². The van der Waals surface area contributed by atoms with E-state index in [-0.39, 0.29) is 25.0 Å². The van der Waals surface area contributed by atoms with Gasteiger partial charge in [0, 0.05) is 34.5 Å². The molecule has 0 heterocycles. The van der Waals surface area contributed by atoms with Crippen molar-refractivity contribution in [3.63, 3.8) is 0 Å². The van der Waals surface area contributed by atoms with Gasteiger partial charge < -0.3 is 22.1 Å². The molecule has 0 aliphatic heterocycles. The molecule has 0 saturated heterocycles.